The molecule has 0 saturated heterocycles. The van der Waals surface area contributed by atoms with Crippen molar-refractivity contribution in [1.82, 2.24) is 15.5 Å². The fourth-order valence-electron chi connectivity index (χ4n) is 3.72. The third kappa shape index (κ3) is 10.7. The zero-order chi connectivity index (χ0) is 27.3. The molecule has 0 heterocycles. The van der Waals surface area contributed by atoms with Crippen LogP contribution in [-0.4, -0.2) is 53.4 Å². The van der Waals surface area contributed by atoms with Crippen LogP contribution in [0.4, 0.5) is 4.79 Å². The summed E-state index contributed by atoms with van der Waals surface area (Å²) in [6.07, 6.45) is 2.30. The first kappa shape index (κ1) is 30.9. The van der Waals surface area contributed by atoms with Gasteiger partial charge in [0.1, 0.15) is 17.7 Å². The zero-order valence-electron chi connectivity index (χ0n) is 22.7. The Balaban J connectivity index is 3.44. The molecule has 0 aliphatic carbocycles. The zero-order valence-corrected chi connectivity index (χ0v) is 22.7. The van der Waals surface area contributed by atoms with Crippen LogP contribution in [0.25, 0.3) is 0 Å². The van der Waals surface area contributed by atoms with Crippen molar-refractivity contribution in [2.75, 3.05) is 13.1 Å². The van der Waals surface area contributed by atoms with Crippen LogP contribution in [-0.2, 0) is 19.1 Å². The number of carbonyl (C=O) groups is 4. The lowest BCUT2D eigenvalue weighted by Gasteiger charge is -2.35. The third-order valence-electron chi connectivity index (χ3n) is 5.58. The van der Waals surface area contributed by atoms with Gasteiger partial charge < -0.3 is 26.0 Å². The maximum absolute atomic E-state index is 13.9. The van der Waals surface area contributed by atoms with Crippen LogP contribution in [0.3, 0.4) is 0 Å². The molecule has 0 aliphatic heterocycles. The number of benzene rings is 1. The number of nitrogens with one attached hydrogen (secondary N) is 2. The van der Waals surface area contributed by atoms with Gasteiger partial charge in [0.25, 0.3) is 0 Å². The fourth-order valence-corrected chi connectivity index (χ4v) is 3.72. The summed E-state index contributed by atoms with van der Waals surface area (Å²) >= 11 is 0. The van der Waals surface area contributed by atoms with Gasteiger partial charge in [0.2, 0.25) is 17.7 Å². The Hall–Kier alpha value is -3.10. The highest BCUT2D eigenvalue weighted by atomic mass is 16.6. The number of hydrogen-bond acceptors (Lipinski definition) is 5. The summed E-state index contributed by atoms with van der Waals surface area (Å²) < 4.78 is 5.35. The van der Waals surface area contributed by atoms with E-state index in [1.807, 2.05) is 45.0 Å². The van der Waals surface area contributed by atoms with Crippen LogP contribution in [0, 0.1) is 6.92 Å². The smallest absolute Gasteiger partial charge is 0.408 e. The molecule has 0 bridgehead atoms. The number of alkyl carbamates (subject to hydrolysis) is 1. The van der Waals surface area contributed by atoms with E-state index in [1.165, 1.54) is 4.90 Å². The van der Waals surface area contributed by atoms with Crippen molar-refractivity contribution in [3.05, 3.63) is 35.4 Å². The maximum Gasteiger partial charge on any atom is 0.408 e. The van der Waals surface area contributed by atoms with Gasteiger partial charge in [0.15, 0.2) is 0 Å². The first-order chi connectivity index (χ1) is 16.9. The quantitative estimate of drug-likeness (QED) is 0.332. The molecule has 4 N–H and O–H groups in total. The topological polar surface area (TPSA) is 131 Å². The number of amides is 4. The molecule has 0 fully saturated rings. The van der Waals surface area contributed by atoms with E-state index in [9.17, 15) is 19.2 Å². The molecular weight excluding hydrogens is 460 g/mol. The van der Waals surface area contributed by atoms with Gasteiger partial charge in [-0.1, -0.05) is 51.0 Å². The van der Waals surface area contributed by atoms with Crippen LogP contribution in [0.15, 0.2) is 24.3 Å². The van der Waals surface area contributed by atoms with E-state index in [1.54, 1.807) is 20.8 Å². The van der Waals surface area contributed by atoms with Crippen molar-refractivity contribution < 1.29 is 23.9 Å². The van der Waals surface area contributed by atoms with Gasteiger partial charge in [-0.15, -0.1) is 0 Å². The summed E-state index contributed by atoms with van der Waals surface area (Å²) in [5, 5.41) is 5.57. The molecule has 0 saturated carbocycles. The number of carbonyl (C=O) groups excluding carboxylic acids is 4. The second-order valence-electron chi connectivity index (χ2n) is 9.99. The number of hydrogen-bond donors (Lipinski definition) is 3. The van der Waals surface area contributed by atoms with Crippen molar-refractivity contribution in [3.8, 4) is 0 Å². The Kier molecular flexibility index (Phi) is 13.0. The van der Waals surface area contributed by atoms with Crippen molar-refractivity contribution in [2.24, 2.45) is 5.73 Å². The maximum atomic E-state index is 13.9. The SMILES string of the molecule is CCCCNC(=O)C(c1ccccc1C)N(CCCC)C(=O)C(CCC(N)=O)NC(=O)OC(C)(C)C. The average Bonchev–Trinajstić information content (AvgIpc) is 2.78. The summed E-state index contributed by atoms with van der Waals surface area (Å²) in [7, 11) is 0. The molecule has 202 valence electrons. The summed E-state index contributed by atoms with van der Waals surface area (Å²) in [5.74, 6) is -1.34. The number of nitrogens with zero attached hydrogens (tertiary/aromatic N) is 1. The van der Waals surface area contributed by atoms with Gasteiger partial charge in [-0.3, -0.25) is 14.4 Å². The number of rotatable bonds is 14. The highest BCUT2D eigenvalue weighted by Crippen LogP contribution is 2.26. The van der Waals surface area contributed by atoms with Gasteiger partial charge in [-0.05, 0) is 58.1 Å². The van der Waals surface area contributed by atoms with Crippen LogP contribution >= 0.6 is 0 Å². The van der Waals surface area contributed by atoms with E-state index in [0.29, 0.717) is 25.1 Å². The Morgan fingerprint density at radius 1 is 1.06 bits per heavy atom. The number of aryl methyl sites for hydroxylation is 1. The minimum atomic E-state index is -1.08. The van der Waals surface area contributed by atoms with Gasteiger partial charge in [0, 0.05) is 19.5 Å². The van der Waals surface area contributed by atoms with Crippen LogP contribution in [0.5, 0.6) is 0 Å². The Bertz CT molecular complexity index is 881. The fraction of sp³-hybridized carbons (Fsp3) is 0.630. The van der Waals surface area contributed by atoms with Crippen molar-refractivity contribution in [3.63, 3.8) is 0 Å². The molecule has 0 aliphatic rings. The predicted octanol–water partition coefficient (Wildman–Crippen LogP) is 3.74. The minimum Gasteiger partial charge on any atom is -0.444 e. The highest BCUT2D eigenvalue weighted by molar-refractivity contribution is 5.92. The van der Waals surface area contributed by atoms with Crippen molar-refractivity contribution in [2.45, 2.75) is 97.8 Å². The minimum absolute atomic E-state index is 0.00597. The Morgan fingerprint density at radius 2 is 1.69 bits per heavy atom. The average molecular weight is 505 g/mol. The lowest BCUT2D eigenvalue weighted by molar-refractivity contribution is -0.142. The second-order valence-corrected chi connectivity index (χ2v) is 9.99. The molecular formula is C27H44N4O5. The first-order valence-electron chi connectivity index (χ1n) is 12.8. The van der Waals surface area contributed by atoms with Crippen LogP contribution in [0.2, 0.25) is 0 Å². The van der Waals surface area contributed by atoms with Gasteiger partial charge in [0.05, 0.1) is 0 Å². The molecule has 4 amide bonds. The summed E-state index contributed by atoms with van der Waals surface area (Å²) in [4.78, 5) is 53.0. The molecule has 0 spiro atoms. The molecule has 36 heavy (non-hydrogen) atoms. The Labute approximate surface area is 215 Å². The first-order valence-corrected chi connectivity index (χ1v) is 12.8. The molecule has 9 heteroatoms. The van der Waals surface area contributed by atoms with Crippen LogP contribution in [0.1, 0.15) is 90.3 Å². The van der Waals surface area contributed by atoms with E-state index in [0.717, 1.165) is 24.8 Å². The normalized spacial score (nSPS) is 12.8. The molecule has 0 aromatic heterocycles. The molecule has 0 radical (unpaired) electrons. The third-order valence-corrected chi connectivity index (χ3v) is 5.58. The summed E-state index contributed by atoms with van der Waals surface area (Å²) in [6.45, 7) is 11.9. The van der Waals surface area contributed by atoms with E-state index < -0.39 is 35.6 Å². The summed E-state index contributed by atoms with van der Waals surface area (Å²) in [5.41, 5.74) is 6.15. The lowest BCUT2D eigenvalue weighted by atomic mass is 9.97. The molecule has 2 atom stereocenters. The number of nitrogens with two attached hydrogens (primary N) is 1. The Morgan fingerprint density at radius 3 is 2.25 bits per heavy atom. The number of unbranched alkanes of at least 4 members (excludes halogenated alkanes) is 2. The molecule has 9 nitrogen and oxygen atoms in total. The lowest BCUT2D eigenvalue weighted by Crippen LogP contribution is -2.53. The molecule has 2 unspecified atom stereocenters. The van der Waals surface area contributed by atoms with E-state index in [-0.39, 0.29) is 18.7 Å². The molecule has 1 aromatic rings. The highest BCUT2D eigenvalue weighted by Gasteiger charge is 2.36. The monoisotopic (exact) mass is 504 g/mol. The summed E-state index contributed by atoms with van der Waals surface area (Å²) in [6, 6.07) is 5.47. The number of ether oxygens (including phenoxy) is 1. The second kappa shape index (κ2) is 15.1. The predicted molar refractivity (Wildman–Crippen MR) is 140 cm³/mol. The van der Waals surface area contributed by atoms with E-state index >= 15 is 0 Å². The standard InChI is InChI=1S/C27H44N4O5/c1-7-9-17-29-24(33)23(20-14-12-11-13-19(20)3)31(18-10-8-2)25(34)21(15-16-22(28)32)30-26(35)36-27(4,5)6/h11-14,21,23H,7-10,15-18H2,1-6H3,(H2,28,32)(H,29,33)(H,30,35). The van der Waals surface area contributed by atoms with Gasteiger partial charge >= 0.3 is 6.09 Å². The van der Waals surface area contributed by atoms with Gasteiger partial charge in [-0.2, -0.15) is 0 Å². The number of primary amides is 1. The van der Waals surface area contributed by atoms with Crippen molar-refractivity contribution >= 4 is 23.8 Å². The van der Waals surface area contributed by atoms with Gasteiger partial charge in [-0.25, -0.2) is 4.79 Å². The molecule has 1 rings (SSSR count). The molecule has 1 aromatic carbocycles. The van der Waals surface area contributed by atoms with Crippen molar-refractivity contribution in [1.29, 1.82) is 0 Å². The largest absolute Gasteiger partial charge is 0.444 e. The van der Waals surface area contributed by atoms with E-state index in [2.05, 4.69) is 10.6 Å². The van der Waals surface area contributed by atoms with Crippen LogP contribution < -0.4 is 16.4 Å². The van der Waals surface area contributed by atoms with E-state index in [4.69, 9.17) is 10.5 Å².